The molecule has 2 nitrogen and oxygen atoms in total. The second kappa shape index (κ2) is 4.91. The molecule has 1 N–H and O–H groups in total. The Morgan fingerprint density at radius 2 is 2.31 bits per heavy atom. The first-order valence-electron chi connectivity index (χ1n) is 5.74. The maximum absolute atomic E-state index is 11.6. The van der Waals surface area contributed by atoms with E-state index < -0.39 is 0 Å². The van der Waals surface area contributed by atoms with E-state index in [9.17, 15) is 4.79 Å². The number of para-hydroxylation sites is 1. The van der Waals surface area contributed by atoms with E-state index in [1.54, 1.807) is 0 Å². The number of thioether (sulfide) groups is 1. The van der Waals surface area contributed by atoms with Gasteiger partial charge in [0.2, 0.25) is 5.12 Å². The highest BCUT2D eigenvalue weighted by molar-refractivity contribution is 8.14. The third kappa shape index (κ3) is 2.24. The van der Waals surface area contributed by atoms with Crippen molar-refractivity contribution < 1.29 is 4.79 Å². The minimum absolute atomic E-state index is 0.0106. The van der Waals surface area contributed by atoms with Crippen LogP contribution < -0.4 is 5.32 Å². The van der Waals surface area contributed by atoms with Crippen LogP contribution >= 0.6 is 11.8 Å². The van der Waals surface area contributed by atoms with Crippen LogP contribution in [0.15, 0.2) is 18.2 Å². The third-order valence-electron chi connectivity index (χ3n) is 2.99. The van der Waals surface area contributed by atoms with Crippen LogP contribution in [0.3, 0.4) is 0 Å². The number of benzene rings is 1. The van der Waals surface area contributed by atoms with Gasteiger partial charge in [0.15, 0.2) is 0 Å². The molecular weight excluding hydrogens is 218 g/mol. The molecule has 0 bridgehead atoms. The minimum Gasteiger partial charge on any atom is -0.374 e. The van der Waals surface area contributed by atoms with E-state index in [-0.39, 0.29) is 11.2 Å². The molecule has 1 fully saturated rings. The first kappa shape index (κ1) is 11.5. The van der Waals surface area contributed by atoms with E-state index in [4.69, 9.17) is 0 Å². The predicted octanol–water partition coefficient (Wildman–Crippen LogP) is 3.00. The molecule has 1 atom stereocenters. The number of hydrogen-bond acceptors (Lipinski definition) is 3. The topological polar surface area (TPSA) is 29.1 Å². The molecule has 1 aliphatic rings. The lowest BCUT2D eigenvalue weighted by atomic mass is 10.0. The molecule has 1 saturated heterocycles. The first-order chi connectivity index (χ1) is 7.72. The van der Waals surface area contributed by atoms with Gasteiger partial charge in [-0.15, -0.1) is 0 Å². The Bertz CT molecular complexity index is 403. The third-order valence-corrected chi connectivity index (χ3v) is 4.00. The molecule has 1 aliphatic heterocycles. The van der Waals surface area contributed by atoms with E-state index >= 15 is 0 Å². The lowest BCUT2D eigenvalue weighted by Crippen LogP contribution is -2.23. The second-order valence-corrected chi connectivity index (χ2v) is 5.21. The SMILES string of the molecule is CCc1cccc(C)c1NC1CCSC1=O. The van der Waals surface area contributed by atoms with Gasteiger partial charge in [0.1, 0.15) is 0 Å². The molecule has 1 aromatic rings. The van der Waals surface area contributed by atoms with Gasteiger partial charge in [-0.05, 0) is 30.9 Å². The Hall–Kier alpha value is -0.960. The largest absolute Gasteiger partial charge is 0.374 e. The van der Waals surface area contributed by atoms with Gasteiger partial charge in [-0.1, -0.05) is 36.9 Å². The van der Waals surface area contributed by atoms with Crippen molar-refractivity contribution in [2.24, 2.45) is 0 Å². The molecule has 0 spiro atoms. The molecule has 0 amide bonds. The number of nitrogens with one attached hydrogen (secondary N) is 1. The molecular formula is C13H17NOS. The predicted molar refractivity (Wildman–Crippen MR) is 70.0 cm³/mol. The Balaban J connectivity index is 2.22. The molecule has 0 aliphatic carbocycles. The quantitative estimate of drug-likeness (QED) is 0.873. The van der Waals surface area contributed by atoms with Crippen LogP contribution in [0.2, 0.25) is 0 Å². The van der Waals surface area contributed by atoms with Crippen LogP contribution in [-0.2, 0) is 11.2 Å². The summed E-state index contributed by atoms with van der Waals surface area (Å²) < 4.78 is 0. The number of aryl methyl sites for hydroxylation is 2. The van der Waals surface area contributed by atoms with Gasteiger partial charge in [-0.2, -0.15) is 0 Å². The summed E-state index contributed by atoms with van der Waals surface area (Å²) in [7, 11) is 0. The maximum Gasteiger partial charge on any atom is 0.211 e. The van der Waals surface area contributed by atoms with Gasteiger partial charge >= 0.3 is 0 Å². The zero-order valence-electron chi connectivity index (χ0n) is 9.75. The summed E-state index contributed by atoms with van der Waals surface area (Å²) in [6.07, 6.45) is 1.94. The smallest absolute Gasteiger partial charge is 0.211 e. The summed E-state index contributed by atoms with van der Waals surface area (Å²) in [5, 5.41) is 3.69. The monoisotopic (exact) mass is 235 g/mol. The van der Waals surface area contributed by atoms with Crippen molar-refractivity contribution in [3.63, 3.8) is 0 Å². The summed E-state index contributed by atoms with van der Waals surface area (Å²) in [5.41, 5.74) is 3.68. The highest BCUT2D eigenvalue weighted by Gasteiger charge is 2.25. The van der Waals surface area contributed by atoms with Gasteiger partial charge < -0.3 is 5.32 Å². The van der Waals surface area contributed by atoms with Crippen molar-refractivity contribution in [3.8, 4) is 0 Å². The van der Waals surface area contributed by atoms with Crippen molar-refractivity contribution in [2.75, 3.05) is 11.1 Å². The summed E-state index contributed by atoms with van der Waals surface area (Å²) >= 11 is 1.44. The Morgan fingerprint density at radius 1 is 1.50 bits per heavy atom. The van der Waals surface area contributed by atoms with Gasteiger partial charge in [-0.25, -0.2) is 0 Å². The summed E-state index contributed by atoms with van der Waals surface area (Å²) in [5.74, 6) is 0.948. The van der Waals surface area contributed by atoms with Crippen molar-refractivity contribution >= 4 is 22.6 Å². The fraction of sp³-hybridized carbons (Fsp3) is 0.462. The highest BCUT2D eigenvalue weighted by Crippen LogP contribution is 2.27. The Morgan fingerprint density at radius 3 is 2.94 bits per heavy atom. The van der Waals surface area contributed by atoms with Gasteiger partial charge in [-0.3, -0.25) is 4.79 Å². The highest BCUT2D eigenvalue weighted by atomic mass is 32.2. The average molecular weight is 235 g/mol. The van der Waals surface area contributed by atoms with E-state index in [1.807, 2.05) is 0 Å². The molecule has 2 rings (SSSR count). The lowest BCUT2D eigenvalue weighted by molar-refractivity contribution is -0.111. The molecule has 0 saturated carbocycles. The van der Waals surface area contributed by atoms with E-state index in [0.29, 0.717) is 0 Å². The number of anilines is 1. The van der Waals surface area contributed by atoms with Crippen molar-refractivity contribution in [2.45, 2.75) is 32.7 Å². The van der Waals surface area contributed by atoms with Crippen molar-refractivity contribution in [1.29, 1.82) is 0 Å². The molecule has 0 radical (unpaired) electrons. The van der Waals surface area contributed by atoms with Gasteiger partial charge in [0, 0.05) is 11.4 Å². The van der Waals surface area contributed by atoms with E-state index in [0.717, 1.165) is 24.3 Å². The first-order valence-corrected chi connectivity index (χ1v) is 6.72. The Kier molecular flexibility index (Phi) is 3.54. The van der Waals surface area contributed by atoms with Crippen LogP contribution in [0.25, 0.3) is 0 Å². The maximum atomic E-state index is 11.6. The van der Waals surface area contributed by atoms with Crippen LogP contribution in [0, 0.1) is 6.92 Å². The standard InChI is InChI=1S/C13H17NOS/c1-3-10-6-4-5-9(2)12(10)14-11-7-8-16-13(11)15/h4-6,11,14H,3,7-8H2,1-2H3. The molecule has 86 valence electrons. The van der Waals surface area contributed by atoms with Crippen LogP contribution in [0.5, 0.6) is 0 Å². The molecule has 16 heavy (non-hydrogen) atoms. The van der Waals surface area contributed by atoms with Crippen LogP contribution in [0.4, 0.5) is 5.69 Å². The van der Waals surface area contributed by atoms with Crippen LogP contribution in [-0.4, -0.2) is 16.9 Å². The molecule has 1 unspecified atom stereocenters. The average Bonchev–Trinajstić information content (AvgIpc) is 2.67. The van der Waals surface area contributed by atoms with Gasteiger partial charge in [0.05, 0.1) is 6.04 Å². The zero-order chi connectivity index (χ0) is 11.5. The molecule has 3 heteroatoms. The zero-order valence-corrected chi connectivity index (χ0v) is 10.6. The van der Waals surface area contributed by atoms with Crippen LogP contribution in [0.1, 0.15) is 24.5 Å². The van der Waals surface area contributed by atoms with E-state index in [2.05, 4.69) is 37.4 Å². The van der Waals surface area contributed by atoms with Gasteiger partial charge in [0.25, 0.3) is 0 Å². The van der Waals surface area contributed by atoms with Crippen molar-refractivity contribution in [3.05, 3.63) is 29.3 Å². The van der Waals surface area contributed by atoms with Crippen molar-refractivity contribution in [1.82, 2.24) is 0 Å². The molecule has 0 aromatic heterocycles. The fourth-order valence-corrected chi connectivity index (χ4v) is 2.96. The summed E-state index contributed by atoms with van der Waals surface area (Å²) in [6.45, 7) is 4.24. The molecule has 1 aromatic carbocycles. The number of carbonyl (C=O) groups excluding carboxylic acids is 1. The number of rotatable bonds is 3. The van der Waals surface area contributed by atoms with E-state index in [1.165, 1.54) is 22.9 Å². The summed E-state index contributed by atoms with van der Waals surface area (Å²) in [4.78, 5) is 11.6. The summed E-state index contributed by atoms with van der Waals surface area (Å²) in [6, 6.07) is 6.30. The second-order valence-electron chi connectivity index (χ2n) is 4.12. The number of carbonyl (C=O) groups is 1. The molecule has 1 heterocycles. The minimum atomic E-state index is 0.0106. The Labute approximate surface area is 101 Å². The fourth-order valence-electron chi connectivity index (χ4n) is 2.03. The lowest BCUT2D eigenvalue weighted by Gasteiger charge is -2.17. The number of hydrogen-bond donors (Lipinski definition) is 1. The normalized spacial score (nSPS) is 20.1.